The number of allylic oxidation sites excluding steroid dienone is 1. The van der Waals surface area contributed by atoms with Gasteiger partial charge in [-0.1, -0.05) is 53.7 Å². The molecule has 0 radical (unpaired) electrons. The molecule has 2 atom stereocenters. The van der Waals surface area contributed by atoms with E-state index in [2.05, 4.69) is 27.3 Å². The van der Waals surface area contributed by atoms with Crippen molar-refractivity contribution in [3.63, 3.8) is 0 Å². The number of ether oxygens (including phenoxy) is 1. The van der Waals surface area contributed by atoms with E-state index in [1.165, 1.54) is 7.11 Å². The van der Waals surface area contributed by atoms with Crippen molar-refractivity contribution in [1.29, 1.82) is 5.26 Å². The van der Waals surface area contributed by atoms with Crippen molar-refractivity contribution < 1.29 is 19.1 Å². The molecule has 7 nitrogen and oxygen atoms in total. The van der Waals surface area contributed by atoms with E-state index in [0.717, 1.165) is 29.1 Å². The van der Waals surface area contributed by atoms with Gasteiger partial charge in [0.1, 0.15) is 5.92 Å². The van der Waals surface area contributed by atoms with Crippen molar-refractivity contribution >= 4 is 45.5 Å². The molecule has 1 aliphatic heterocycles. The molecule has 2 amide bonds. The summed E-state index contributed by atoms with van der Waals surface area (Å²) in [5, 5.41) is 12.9. The summed E-state index contributed by atoms with van der Waals surface area (Å²) < 4.78 is 5.60. The van der Waals surface area contributed by atoms with Crippen molar-refractivity contribution in [3.8, 4) is 6.07 Å². The number of nitriles is 1. The number of benzene rings is 1. The summed E-state index contributed by atoms with van der Waals surface area (Å²) in [5.74, 6) is -3.22. The quantitative estimate of drug-likeness (QED) is 0.405. The molecule has 0 saturated carbocycles. The van der Waals surface area contributed by atoms with Crippen molar-refractivity contribution in [2.24, 2.45) is 5.92 Å². The van der Waals surface area contributed by atoms with Gasteiger partial charge in [-0.15, -0.1) is 0 Å². The van der Waals surface area contributed by atoms with E-state index in [4.69, 9.17) is 4.74 Å². The van der Waals surface area contributed by atoms with Crippen LogP contribution < -0.4 is 5.32 Å². The summed E-state index contributed by atoms with van der Waals surface area (Å²) >= 11 is 4.52. The van der Waals surface area contributed by atoms with E-state index in [9.17, 15) is 19.6 Å². The summed E-state index contributed by atoms with van der Waals surface area (Å²) in [6, 6.07) is 9.28. The Bertz CT molecular complexity index is 906. The maximum atomic E-state index is 12.8. The molecule has 0 bridgehead atoms. The minimum absolute atomic E-state index is 0.0539. The number of amides is 2. The number of hydrogen-bond donors (Lipinski definition) is 1. The zero-order valence-electron chi connectivity index (χ0n) is 17.8. The third-order valence-corrected chi connectivity index (χ3v) is 6.37. The van der Waals surface area contributed by atoms with Crippen LogP contribution in [0.5, 0.6) is 0 Å². The SMILES string of the molecule is CCCN(CCC)C(=O)CSC1=C(C#N)[C@@H](c2cccc(Br)c2)[C@H](C(=O)OC)C(=O)N1. The smallest absolute Gasteiger partial charge is 0.319 e. The lowest BCUT2D eigenvalue weighted by Gasteiger charge is -2.31. The Labute approximate surface area is 195 Å². The van der Waals surface area contributed by atoms with Gasteiger partial charge in [0, 0.05) is 23.5 Å². The Morgan fingerprint density at radius 3 is 2.52 bits per heavy atom. The Morgan fingerprint density at radius 1 is 1.29 bits per heavy atom. The predicted octanol–water partition coefficient (Wildman–Crippen LogP) is 3.57. The number of nitrogens with zero attached hydrogens (tertiary/aromatic N) is 2. The second-order valence-electron chi connectivity index (χ2n) is 7.05. The molecular weight excluding hydrogens is 482 g/mol. The summed E-state index contributed by atoms with van der Waals surface area (Å²) in [7, 11) is 1.21. The first kappa shape index (κ1) is 25.0. The molecule has 0 spiro atoms. The van der Waals surface area contributed by atoms with Crippen LogP contribution in [0, 0.1) is 17.2 Å². The van der Waals surface area contributed by atoms with Crippen LogP contribution in [-0.4, -0.2) is 48.6 Å². The molecule has 0 saturated heterocycles. The highest BCUT2D eigenvalue weighted by atomic mass is 79.9. The summed E-state index contributed by atoms with van der Waals surface area (Å²) in [5.41, 5.74) is 0.877. The van der Waals surface area contributed by atoms with Crippen LogP contribution in [0.2, 0.25) is 0 Å². The molecule has 0 aliphatic carbocycles. The maximum absolute atomic E-state index is 12.8. The molecule has 0 unspecified atom stereocenters. The molecule has 166 valence electrons. The van der Waals surface area contributed by atoms with Crippen molar-refractivity contribution in [3.05, 3.63) is 44.9 Å². The van der Waals surface area contributed by atoms with E-state index in [-0.39, 0.29) is 17.2 Å². The van der Waals surface area contributed by atoms with Gasteiger partial charge in [-0.25, -0.2) is 0 Å². The normalized spacial score (nSPS) is 18.2. The summed E-state index contributed by atoms with van der Waals surface area (Å²) in [6.07, 6.45) is 1.70. The number of esters is 1. The number of methoxy groups -OCH3 is 1. The molecule has 9 heteroatoms. The van der Waals surface area contributed by atoms with Gasteiger partial charge in [0.05, 0.1) is 29.5 Å². The lowest BCUT2D eigenvalue weighted by molar-refractivity contribution is -0.150. The fraction of sp³-hybridized carbons (Fsp3) is 0.455. The van der Waals surface area contributed by atoms with Crippen LogP contribution in [0.3, 0.4) is 0 Å². The second-order valence-corrected chi connectivity index (χ2v) is 8.95. The average molecular weight is 508 g/mol. The van der Waals surface area contributed by atoms with E-state index < -0.39 is 23.7 Å². The number of rotatable bonds is 9. The van der Waals surface area contributed by atoms with E-state index >= 15 is 0 Å². The molecule has 1 aromatic carbocycles. The number of thioether (sulfide) groups is 1. The molecule has 1 heterocycles. The predicted molar refractivity (Wildman–Crippen MR) is 123 cm³/mol. The average Bonchev–Trinajstić information content (AvgIpc) is 2.76. The summed E-state index contributed by atoms with van der Waals surface area (Å²) in [4.78, 5) is 39.7. The van der Waals surface area contributed by atoms with Gasteiger partial charge in [-0.2, -0.15) is 5.26 Å². The monoisotopic (exact) mass is 507 g/mol. The van der Waals surface area contributed by atoms with E-state index in [1.54, 1.807) is 23.1 Å². The van der Waals surface area contributed by atoms with E-state index in [0.29, 0.717) is 23.7 Å². The van der Waals surface area contributed by atoms with Crippen LogP contribution in [0.1, 0.15) is 38.2 Å². The Morgan fingerprint density at radius 2 is 1.97 bits per heavy atom. The Kier molecular flexibility index (Phi) is 9.59. The van der Waals surface area contributed by atoms with Crippen molar-refractivity contribution in [1.82, 2.24) is 10.2 Å². The Hall–Kier alpha value is -2.31. The van der Waals surface area contributed by atoms with Crippen LogP contribution in [0.25, 0.3) is 0 Å². The lowest BCUT2D eigenvalue weighted by atomic mass is 9.78. The lowest BCUT2D eigenvalue weighted by Crippen LogP contribution is -2.44. The first-order chi connectivity index (χ1) is 14.9. The minimum Gasteiger partial charge on any atom is -0.468 e. The van der Waals surface area contributed by atoms with Crippen LogP contribution in [-0.2, 0) is 19.1 Å². The zero-order valence-corrected chi connectivity index (χ0v) is 20.2. The van der Waals surface area contributed by atoms with Gasteiger partial charge >= 0.3 is 5.97 Å². The number of halogens is 1. The molecule has 31 heavy (non-hydrogen) atoms. The van der Waals surface area contributed by atoms with Crippen LogP contribution in [0.4, 0.5) is 0 Å². The number of carbonyl (C=O) groups excluding carboxylic acids is 3. The van der Waals surface area contributed by atoms with Gasteiger partial charge in [0.2, 0.25) is 11.8 Å². The second kappa shape index (κ2) is 11.9. The van der Waals surface area contributed by atoms with Crippen molar-refractivity contribution in [2.45, 2.75) is 32.6 Å². The third-order valence-electron chi connectivity index (χ3n) is 4.87. The molecule has 1 aromatic rings. The van der Waals surface area contributed by atoms with Gasteiger partial charge in [0.15, 0.2) is 0 Å². The topological polar surface area (TPSA) is 99.5 Å². The molecular formula is C22H26BrN3O4S. The first-order valence-corrected chi connectivity index (χ1v) is 11.8. The fourth-order valence-corrected chi connectivity index (χ4v) is 4.87. The molecule has 2 rings (SSSR count). The first-order valence-electron chi connectivity index (χ1n) is 10.1. The highest BCUT2D eigenvalue weighted by Crippen LogP contribution is 2.40. The van der Waals surface area contributed by atoms with Crippen LogP contribution >= 0.6 is 27.7 Å². The highest BCUT2D eigenvalue weighted by molar-refractivity contribution is 9.10. The van der Waals surface area contributed by atoms with Gasteiger partial charge in [-0.3, -0.25) is 14.4 Å². The standard InChI is InChI=1S/C22H26BrN3O4S/c1-4-9-26(10-5-2)17(27)13-31-21-16(12-24)18(14-7-6-8-15(23)11-14)19(20(28)25-21)22(29)30-3/h6-8,11,18-19H,4-5,9-10,13H2,1-3H3,(H,25,28)/t18-,19+/m1/s1. The summed E-state index contributed by atoms with van der Waals surface area (Å²) in [6.45, 7) is 5.34. The van der Waals surface area contributed by atoms with Crippen molar-refractivity contribution in [2.75, 3.05) is 26.0 Å². The molecule has 1 aliphatic rings. The highest BCUT2D eigenvalue weighted by Gasteiger charge is 2.44. The maximum Gasteiger partial charge on any atom is 0.319 e. The van der Waals surface area contributed by atoms with E-state index in [1.807, 2.05) is 19.9 Å². The molecule has 0 aromatic heterocycles. The largest absolute Gasteiger partial charge is 0.468 e. The number of hydrogen-bond acceptors (Lipinski definition) is 6. The van der Waals surface area contributed by atoms with Gasteiger partial charge in [-0.05, 0) is 30.5 Å². The molecule has 1 N–H and O–H groups in total. The van der Waals surface area contributed by atoms with Gasteiger partial charge < -0.3 is 15.0 Å². The number of nitrogens with one attached hydrogen (secondary N) is 1. The Balaban J connectivity index is 2.41. The molecule has 0 fully saturated rings. The van der Waals surface area contributed by atoms with Crippen LogP contribution in [0.15, 0.2) is 39.3 Å². The van der Waals surface area contributed by atoms with Gasteiger partial charge in [0.25, 0.3) is 0 Å². The zero-order chi connectivity index (χ0) is 23.0. The third kappa shape index (κ3) is 6.11. The number of carbonyl (C=O) groups is 3. The fourth-order valence-electron chi connectivity index (χ4n) is 3.51. The minimum atomic E-state index is -1.19.